The lowest BCUT2D eigenvalue weighted by atomic mass is 10.1. The van der Waals surface area contributed by atoms with Crippen molar-refractivity contribution in [2.24, 2.45) is 0 Å². The number of carbonyl (C=O) groups excluding carboxylic acids is 1. The third-order valence-electron chi connectivity index (χ3n) is 6.80. The molecule has 33 heavy (non-hydrogen) atoms. The molecule has 3 aliphatic heterocycles. The molecule has 3 aliphatic rings. The van der Waals surface area contributed by atoms with E-state index in [0.29, 0.717) is 31.2 Å². The van der Waals surface area contributed by atoms with Gasteiger partial charge in [0.1, 0.15) is 0 Å². The molecule has 1 amide bonds. The second-order valence-corrected chi connectivity index (χ2v) is 12.7. The number of hydrogen-bond donors (Lipinski definition) is 1. The molecule has 8 nitrogen and oxygen atoms in total. The number of rotatable bonds is 7. The van der Waals surface area contributed by atoms with E-state index in [1.807, 2.05) is 13.0 Å². The van der Waals surface area contributed by atoms with Crippen LogP contribution < -0.4 is 5.32 Å². The zero-order valence-electron chi connectivity index (χ0n) is 19.7. The van der Waals surface area contributed by atoms with Gasteiger partial charge in [-0.25, -0.2) is 8.42 Å². The highest BCUT2D eigenvalue weighted by molar-refractivity contribution is 8.00. The summed E-state index contributed by atoms with van der Waals surface area (Å²) in [5, 5.41) is 3.04. The molecule has 0 aliphatic carbocycles. The first-order valence-electron chi connectivity index (χ1n) is 11.9. The number of nitrogens with one attached hydrogen (secondary N) is 1. The smallest absolute Gasteiger partial charge is 0.243 e. The van der Waals surface area contributed by atoms with E-state index in [-0.39, 0.29) is 16.1 Å². The van der Waals surface area contributed by atoms with Crippen LogP contribution in [-0.2, 0) is 19.6 Å². The van der Waals surface area contributed by atoms with Gasteiger partial charge in [0.15, 0.2) is 0 Å². The van der Waals surface area contributed by atoms with E-state index in [2.05, 4.69) is 22.2 Å². The first kappa shape index (κ1) is 24.9. The zero-order valence-corrected chi connectivity index (χ0v) is 21.3. The molecule has 0 aromatic heterocycles. The highest BCUT2D eigenvalue weighted by atomic mass is 32.2. The van der Waals surface area contributed by atoms with Crippen LogP contribution in [0.5, 0.6) is 0 Å². The number of amides is 1. The van der Waals surface area contributed by atoms with Crippen molar-refractivity contribution in [1.29, 1.82) is 0 Å². The van der Waals surface area contributed by atoms with Gasteiger partial charge < -0.3 is 15.0 Å². The average molecular weight is 497 g/mol. The van der Waals surface area contributed by atoms with Crippen molar-refractivity contribution < 1.29 is 17.9 Å². The molecule has 1 N–H and O–H groups in total. The Morgan fingerprint density at radius 1 is 1.18 bits per heavy atom. The van der Waals surface area contributed by atoms with Gasteiger partial charge in [-0.3, -0.25) is 9.69 Å². The fraction of sp³-hybridized carbons (Fsp3) is 0.696. The Balaban J connectivity index is 1.31. The maximum absolute atomic E-state index is 13.3. The first-order valence-corrected chi connectivity index (χ1v) is 14.3. The zero-order chi connectivity index (χ0) is 23.4. The number of carbonyl (C=O) groups is 1. The molecule has 10 heteroatoms. The van der Waals surface area contributed by atoms with Crippen LogP contribution >= 0.6 is 11.8 Å². The molecule has 3 heterocycles. The van der Waals surface area contributed by atoms with Gasteiger partial charge in [0, 0.05) is 48.8 Å². The van der Waals surface area contributed by atoms with Gasteiger partial charge in [0.25, 0.3) is 0 Å². The lowest BCUT2D eigenvalue weighted by Crippen LogP contribution is -2.46. The third kappa shape index (κ3) is 6.29. The van der Waals surface area contributed by atoms with Crippen molar-refractivity contribution in [2.75, 3.05) is 64.8 Å². The van der Waals surface area contributed by atoms with E-state index in [4.69, 9.17) is 4.74 Å². The van der Waals surface area contributed by atoms with Gasteiger partial charge in [-0.15, -0.1) is 11.8 Å². The second-order valence-electron chi connectivity index (χ2n) is 9.26. The maximum atomic E-state index is 13.3. The summed E-state index contributed by atoms with van der Waals surface area (Å²) < 4.78 is 33.6. The quantitative estimate of drug-likeness (QED) is 0.620. The molecule has 1 aromatic carbocycles. The molecule has 2 saturated heterocycles. The van der Waals surface area contributed by atoms with Crippen LogP contribution in [0.25, 0.3) is 0 Å². The number of morpholine rings is 1. The van der Waals surface area contributed by atoms with Crippen LogP contribution in [0.3, 0.4) is 0 Å². The highest BCUT2D eigenvalue weighted by Gasteiger charge is 2.31. The fourth-order valence-corrected chi connectivity index (χ4v) is 7.36. The molecule has 1 atom stereocenters. The number of hydrogen-bond acceptors (Lipinski definition) is 7. The number of nitrogens with zero attached hydrogens (tertiary/aromatic N) is 3. The van der Waals surface area contributed by atoms with E-state index in [9.17, 15) is 13.2 Å². The lowest BCUT2D eigenvalue weighted by Gasteiger charge is -2.36. The number of benzene rings is 1. The number of sulfonamides is 1. The third-order valence-corrected chi connectivity index (χ3v) is 9.87. The normalized spacial score (nSPS) is 23.8. The van der Waals surface area contributed by atoms with Crippen LogP contribution in [-0.4, -0.2) is 99.3 Å². The summed E-state index contributed by atoms with van der Waals surface area (Å²) in [7, 11) is -1.43. The summed E-state index contributed by atoms with van der Waals surface area (Å²) in [6, 6.07) is 5.53. The standard InChI is InChI=1S/C23H36N4O4S2/c1-18-16-23(28)24-21-17-20(4-5-22(21)32-18)33(29,30)27-10-6-19(7-11-27)25(2)8-3-9-26-12-14-31-15-13-26/h4-5,17-19H,3,6-16H2,1-2H3,(H,24,28)/t18-/m0/s1. The summed E-state index contributed by atoms with van der Waals surface area (Å²) in [6.45, 7) is 8.87. The maximum Gasteiger partial charge on any atom is 0.243 e. The van der Waals surface area contributed by atoms with Crippen molar-refractivity contribution >= 4 is 33.4 Å². The van der Waals surface area contributed by atoms with Gasteiger partial charge >= 0.3 is 0 Å². The molecule has 0 radical (unpaired) electrons. The van der Waals surface area contributed by atoms with Gasteiger partial charge in [-0.2, -0.15) is 4.31 Å². The van der Waals surface area contributed by atoms with Crippen LogP contribution in [0.4, 0.5) is 5.69 Å². The number of ether oxygens (including phenoxy) is 1. The Labute approximate surface area is 202 Å². The molecule has 0 unspecified atom stereocenters. The number of piperidine rings is 1. The van der Waals surface area contributed by atoms with Crippen molar-refractivity contribution in [3.8, 4) is 0 Å². The number of thioether (sulfide) groups is 1. The Kier molecular flexibility index (Phi) is 8.35. The predicted molar refractivity (Wildman–Crippen MR) is 131 cm³/mol. The van der Waals surface area contributed by atoms with E-state index < -0.39 is 10.0 Å². The van der Waals surface area contributed by atoms with Crippen LogP contribution in [0, 0.1) is 0 Å². The van der Waals surface area contributed by atoms with Crippen molar-refractivity contribution in [1.82, 2.24) is 14.1 Å². The largest absolute Gasteiger partial charge is 0.379 e. The molecule has 0 saturated carbocycles. The van der Waals surface area contributed by atoms with Crippen LogP contribution in [0.15, 0.2) is 28.0 Å². The Hall–Kier alpha value is -1.17. The van der Waals surface area contributed by atoms with Crippen LogP contribution in [0.1, 0.15) is 32.6 Å². The minimum Gasteiger partial charge on any atom is -0.379 e. The molecule has 0 bridgehead atoms. The first-order chi connectivity index (χ1) is 15.8. The Bertz CT molecular complexity index is 928. The minimum absolute atomic E-state index is 0.0687. The van der Waals surface area contributed by atoms with E-state index >= 15 is 0 Å². The summed E-state index contributed by atoms with van der Waals surface area (Å²) in [5.41, 5.74) is 0.602. The molecule has 1 aromatic rings. The molecule has 184 valence electrons. The van der Waals surface area contributed by atoms with Crippen molar-refractivity contribution in [3.63, 3.8) is 0 Å². The van der Waals surface area contributed by atoms with Gasteiger partial charge in [-0.1, -0.05) is 6.92 Å². The van der Waals surface area contributed by atoms with Gasteiger partial charge in [-0.05, 0) is 57.6 Å². The summed E-state index contributed by atoms with van der Waals surface area (Å²) >= 11 is 1.60. The van der Waals surface area contributed by atoms with E-state index in [0.717, 1.165) is 63.6 Å². The van der Waals surface area contributed by atoms with Crippen LogP contribution in [0.2, 0.25) is 0 Å². The molecule has 4 rings (SSSR count). The molecule has 0 spiro atoms. The molecular weight excluding hydrogens is 460 g/mol. The Morgan fingerprint density at radius 3 is 2.64 bits per heavy atom. The number of anilines is 1. The summed E-state index contributed by atoms with van der Waals surface area (Å²) in [4.78, 5) is 18.1. The monoisotopic (exact) mass is 496 g/mol. The van der Waals surface area contributed by atoms with Gasteiger partial charge in [0.2, 0.25) is 15.9 Å². The van der Waals surface area contributed by atoms with E-state index in [1.54, 1.807) is 28.2 Å². The second kappa shape index (κ2) is 11.0. The SMILES string of the molecule is C[C@H]1CC(=O)Nc2cc(S(=O)(=O)N3CCC(N(C)CCCN4CCOCC4)CC3)ccc2S1. The lowest BCUT2D eigenvalue weighted by molar-refractivity contribution is -0.116. The molecule has 2 fully saturated rings. The number of fused-ring (bicyclic) bond motifs is 1. The summed E-state index contributed by atoms with van der Waals surface area (Å²) in [6.07, 6.45) is 3.21. The fourth-order valence-electron chi connectivity index (χ4n) is 4.81. The Morgan fingerprint density at radius 2 is 1.91 bits per heavy atom. The average Bonchev–Trinajstić information content (AvgIpc) is 2.95. The predicted octanol–water partition coefficient (Wildman–Crippen LogP) is 2.32. The topological polar surface area (TPSA) is 82.2 Å². The van der Waals surface area contributed by atoms with Crippen molar-refractivity contribution in [2.45, 2.75) is 53.7 Å². The minimum atomic E-state index is -3.58. The van der Waals surface area contributed by atoms with E-state index in [1.165, 1.54) is 0 Å². The summed E-state index contributed by atoms with van der Waals surface area (Å²) in [5.74, 6) is -0.0687. The van der Waals surface area contributed by atoms with Gasteiger partial charge in [0.05, 0.1) is 23.8 Å². The van der Waals surface area contributed by atoms with Crippen molar-refractivity contribution in [3.05, 3.63) is 18.2 Å². The molecular formula is C23H36N4O4S2. The highest BCUT2D eigenvalue weighted by Crippen LogP contribution is 2.37.